The summed E-state index contributed by atoms with van der Waals surface area (Å²) >= 11 is 0. The number of non-ortho nitro benzene ring substituents is 1. The number of nitrogens with one attached hydrogen (secondary N) is 1. The maximum Gasteiger partial charge on any atom is 0.338 e. The molecule has 146 valence electrons. The zero-order valence-corrected chi connectivity index (χ0v) is 15.3. The van der Waals surface area contributed by atoms with Crippen molar-refractivity contribution in [1.29, 1.82) is 0 Å². The number of nitro benzene ring substituents is 1. The molecule has 1 saturated carbocycles. The Morgan fingerprint density at radius 3 is 2.33 bits per heavy atom. The third-order valence-corrected chi connectivity index (χ3v) is 4.54. The molecule has 0 spiro atoms. The standard InChI is InChI=1S/C18H22N2O7/c1-3-27-17(23)18(7-5-4-6-8-18)19-15(21)12-9-13(16(22)26-2)11-14(10-12)20(24)25/h9-11H,3-8H2,1-2H3,(H,19,21). The second kappa shape index (κ2) is 8.61. The number of esters is 2. The Morgan fingerprint density at radius 1 is 1.15 bits per heavy atom. The van der Waals surface area contributed by atoms with Gasteiger partial charge in [-0.2, -0.15) is 0 Å². The lowest BCUT2D eigenvalue weighted by atomic mass is 9.81. The molecular formula is C18H22N2O7. The van der Waals surface area contributed by atoms with Crippen LogP contribution in [0.25, 0.3) is 0 Å². The van der Waals surface area contributed by atoms with Crippen LogP contribution in [0.3, 0.4) is 0 Å². The summed E-state index contributed by atoms with van der Waals surface area (Å²) in [5.41, 5.74) is -1.80. The molecule has 9 nitrogen and oxygen atoms in total. The lowest BCUT2D eigenvalue weighted by Gasteiger charge is -2.35. The van der Waals surface area contributed by atoms with Crippen molar-refractivity contribution in [3.8, 4) is 0 Å². The molecule has 27 heavy (non-hydrogen) atoms. The largest absolute Gasteiger partial charge is 0.465 e. The molecule has 1 amide bonds. The molecule has 1 aromatic carbocycles. The number of benzene rings is 1. The maximum absolute atomic E-state index is 12.8. The molecule has 1 aromatic rings. The van der Waals surface area contributed by atoms with Gasteiger partial charge in [-0.15, -0.1) is 0 Å². The minimum Gasteiger partial charge on any atom is -0.465 e. The highest BCUT2D eigenvalue weighted by molar-refractivity contribution is 6.01. The molecule has 1 N–H and O–H groups in total. The van der Waals surface area contributed by atoms with E-state index in [9.17, 15) is 24.5 Å². The Balaban J connectivity index is 2.37. The molecule has 0 aromatic heterocycles. The number of carbonyl (C=O) groups is 3. The Hall–Kier alpha value is -2.97. The van der Waals surface area contributed by atoms with Crippen LogP contribution >= 0.6 is 0 Å². The SMILES string of the molecule is CCOC(=O)C1(NC(=O)c2cc(C(=O)OC)cc([N+](=O)[O-])c2)CCCCC1. The topological polar surface area (TPSA) is 125 Å². The van der Waals surface area contributed by atoms with Crippen LogP contribution in [0.1, 0.15) is 59.7 Å². The van der Waals surface area contributed by atoms with Crippen molar-refractivity contribution < 1.29 is 28.8 Å². The maximum atomic E-state index is 12.8. The van der Waals surface area contributed by atoms with Crippen molar-refractivity contribution >= 4 is 23.5 Å². The molecule has 9 heteroatoms. The van der Waals surface area contributed by atoms with Crippen LogP contribution in [0.4, 0.5) is 5.69 Å². The van der Waals surface area contributed by atoms with Gasteiger partial charge in [-0.1, -0.05) is 19.3 Å². The molecule has 2 rings (SSSR count). The van der Waals surface area contributed by atoms with Crippen LogP contribution in [0.5, 0.6) is 0 Å². The molecule has 0 radical (unpaired) electrons. The number of ether oxygens (including phenoxy) is 2. The van der Waals surface area contributed by atoms with Crippen LogP contribution in [-0.4, -0.2) is 42.0 Å². The summed E-state index contributed by atoms with van der Waals surface area (Å²) in [5, 5.41) is 13.8. The number of carbonyl (C=O) groups excluding carboxylic acids is 3. The molecule has 0 heterocycles. The van der Waals surface area contributed by atoms with Crippen LogP contribution in [0, 0.1) is 10.1 Å². The molecule has 1 fully saturated rings. The monoisotopic (exact) mass is 378 g/mol. The van der Waals surface area contributed by atoms with Gasteiger partial charge in [0, 0.05) is 17.7 Å². The normalized spacial score (nSPS) is 15.5. The summed E-state index contributed by atoms with van der Waals surface area (Å²) in [4.78, 5) is 47.4. The first-order valence-corrected chi connectivity index (χ1v) is 8.70. The van der Waals surface area contributed by atoms with Gasteiger partial charge in [0.25, 0.3) is 11.6 Å². The summed E-state index contributed by atoms with van der Waals surface area (Å²) in [5.74, 6) is -2.00. The van der Waals surface area contributed by atoms with Crippen molar-refractivity contribution in [2.45, 2.75) is 44.6 Å². The number of amides is 1. The van der Waals surface area contributed by atoms with E-state index < -0.39 is 34.0 Å². The van der Waals surface area contributed by atoms with Gasteiger partial charge < -0.3 is 14.8 Å². The first-order chi connectivity index (χ1) is 12.8. The third-order valence-electron chi connectivity index (χ3n) is 4.54. The number of rotatable bonds is 6. The summed E-state index contributed by atoms with van der Waals surface area (Å²) in [7, 11) is 1.14. The highest BCUT2D eigenvalue weighted by Gasteiger charge is 2.42. The van der Waals surface area contributed by atoms with Crippen LogP contribution in [0.15, 0.2) is 18.2 Å². The summed E-state index contributed by atoms with van der Waals surface area (Å²) in [6.45, 7) is 1.86. The van der Waals surface area contributed by atoms with E-state index in [2.05, 4.69) is 10.1 Å². The molecular weight excluding hydrogens is 356 g/mol. The molecule has 0 atom stereocenters. The minimum atomic E-state index is -1.17. The third kappa shape index (κ3) is 4.60. The second-order valence-electron chi connectivity index (χ2n) is 6.33. The lowest BCUT2D eigenvalue weighted by molar-refractivity contribution is -0.384. The van der Waals surface area contributed by atoms with Crippen LogP contribution < -0.4 is 5.32 Å². The fourth-order valence-electron chi connectivity index (χ4n) is 3.18. The van der Waals surface area contributed by atoms with Gasteiger partial charge >= 0.3 is 11.9 Å². The summed E-state index contributed by atoms with van der Waals surface area (Å²) in [6.07, 6.45) is 3.30. The zero-order chi connectivity index (χ0) is 20.0. The van der Waals surface area contributed by atoms with Crippen molar-refractivity contribution in [2.75, 3.05) is 13.7 Å². The predicted molar refractivity (Wildman–Crippen MR) is 94.4 cm³/mol. The van der Waals surface area contributed by atoms with E-state index in [-0.39, 0.29) is 17.7 Å². The Labute approximate surface area is 156 Å². The number of methoxy groups -OCH3 is 1. The first kappa shape index (κ1) is 20.3. The van der Waals surface area contributed by atoms with Gasteiger partial charge in [0.1, 0.15) is 5.54 Å². The average Bonchev–Trinajstić information content (AvgIpc) is 2.67. The van der Waals surface area contributed by atoms with Crippen molar-refractivity contribution in [1.82, 2.24) is 5.32 Å². The second-order valence-corrected chi connectivity index (χ2v) is 6.33. The zero-order valence-electron chi connectivity index (χ0n) is 15.3. The first-order valence-electron chi connectivity index (χ1n) is 8.70. The average molecular weight is 378 g/mol. The number of hydrogen-bond acceptors (Lipinski definition) is 7. The van der Waals surface area contributed by atoms with Gasteiger partial charge in [0.15, 0.2) is 0 Å². The molecule has 1 aliphatic carbocycles. The van der Waals surface area contributed by atoms with E-state index in [1.165, 1.54) is 6.07 Å². The van der Waals surface area contributed by atoms with E-state index in [1.54, 1.807) is 6.92 Å². The smallest absolute Gasteiger partial charge is 0.338 e. The number of nitro groups is 1. The molecule has 0 bridgehead atoms. The van der Waals surface area contributed by atoms with Crippen molar-refractivity contribution in [3.05, 3.63) is 39.4 Å². The summed E-state index contributed by atoms with van der Waals surface area (Å²) in [6, 6.07) is 3.30. The quantitative estimate of drug-likeness (QED) is 0.458. The van der Waals surface area contributed by atoms with Crippen molar-refractivity contribution in [3.63, 3.8) is 0 Å². The van der Waals surface area contributed by atoms with E-state index in [0.29, 0.717) is 12.8 Å². The van der Waals surface area contributed by atoms with Crippen molar-refractivity contribution in [2.24, 2.45) is 0 Å². The number of nitrogens with zero attached hydrogens (tertiary/aromatic N) is 1. The fourth-order valence-corrected chi connectivity index (χ4v) is 3.18. The molecule has 0 unspecified atom stereocenters. The predicted octanol–water partition coefficient (Wildman–Crippen LogP) is 2.38. The lowest BCUT2D eigenvalue weighted by Crippen LogP contribution is -2.56. The highest BCUT2D eigenvalue weighted by atomic mass is 16.6. The van der Waals surface area contributed by atoms with Gasteiger partial charge in [-0.05, 0) is 25.8 Å². The minimum absolute atomic E-state index is 0.0983. The Kier molecular flexibility index (Phi) is 6.49. The Bertz CT molecular complexity index is 754. The van der Waals surface area contributed by atoms with Gasteiger partial charge in [0.2, 0.25) is 0 Å². The van der Waals surface area contributed by atoms with E-state index in [4.69, 9.17) is 4.74 Å². The van der Waals surface area contributed by atoms with Gasteiger partial charge in [-0.3, -0.25) is 14.9 Å². The van der Waals surface area contributed by atoms with E-state index in [0.717, 1.165) is 38.5 Å². The van der Waals surface area contributed by atoms with Gasteiger partial charge in [0.05, 0.1) is 24.2 Å². The summed E-state index contributed by atoms with van der Waals surface area (Å²) < 4.78 is 9.71. The van der Waals surface area contributed by atoms with E-state index in [1.807, 2.05) is 0 Å². The number of hydrogen-bond donors (Lipinski definition) is 1. The van der Waals surface area contributed by atoms with Crippen LogP contribution in [0.2, 0.25) is 0 Å². The molecule has 0 saturated heterocycles. The highest BCUT2D eigenvalue weighted by Crippen LogP contribution is 2.30. The molecule has 1 aliphatic rings. The Morgan fingerprint density at radius 2 is 1.78 bits per heavy atom. The van der Waals surface area contributed by atoms with E-state index >= 15 is 0 Å². The van der Waals surface area contributed by atoms with Crippen LogP contribution in [-0.2, 0) is 14.3 Å². The van der Waals surface area contributed by atoms with Gasteiger partial charge in [-0.25, -0.2) is 9.59 Å². The molecule has 0 aliphatic heterocycles. The fraction of sp³-hybridized carbons (Fsp3) is 0.500.